The summed E-state index contributed by atoms with van der Waals surface area (Å²) in [7, 11) is 0. The highest BCUT2D eigenvalue weighted by Crippen LogP contribution is 2.52. The second kappa shape index (κ2) is 6.75. The number of hydrogen-bond donors (Lipinski definition) is 0. The molecule has 1 rings (SSSR count). The molecule has 0 aliphatic heterocycles. The predicted molar refractivity (Wildman–Crippen MR) is 83.4 cm³/mol. The van der Waals surface area contributed by atoms with E-state index < -0.39 is 18.3 Å². The fourth-order valence-electron chi connectivity index (χ4n) is 4.15. The van der Waals surface area contributed by atoms with E-state index >= 15 is 0 Å². The summed E-state index contributed by atoms with van der Waals surface area (Å²) >= 11 is 0. The lowest BCUT2D eigenvalue weighted by Crippen LogP contribution is -2.48. The van der Waals surface area contributed by atoms with Crippen LogP contribution in [-0.4, -0.2) is 12.3 Å². The average Bonchev–Trinajstić information content (AvgIpc) is 2.45. The van der Waals surface area contributed by atoms with E-state index in [2.05, 4.69) is 41.5 Å². The van der Waals surface area contributed by atoms with Crippen LogP contribution >= 0.6 is 0 Å². The Morgan fingerprint density at radius 2 is 1.10 bits per heavy atom. The predicted octanol–water partition coefficient (Wildman–Crippen LogP) is 6.34. The van der Waals surface area contributed by atoms with Crippen molar-refractivity contribution in [3.8, 4) is 0 Å². The first-order valence-corrected chi connectivity index (χ1v) is 8.56. The highest BCUT2D eigenvalue weighted by atomic mass is 19.1. The van der Waals surface area contributed by atoms with Gasteiger partial charge in [0.15, 0.2) is 0 Å². The van der Waals surface area contributed by atoms with Gasteiger partial charge >= 0.3 is 0 Å². The van der Waals surface area contributed by atoms with Gasteiger partial charge in [0.1, 0.15) is 12.3 Å². The zero-order valence-electron chi connectivity index (χ0n) is 14.3. The highest BCUT2D eigenvalue weighted by molar-refractivity contribution is 4.98. The van der Waals surface area contributed by atoms with Crippen molar-refractivity contribution in [1.82, 2.24) is 0 Å². The molecule has 1 fully saturated rings. The van der Waals surface area contributed by atoms with Gasteiger partial charge in [0, 0.05) is 5.92 Å². The molecule has 0 amide bonds. The third-order valence-corrected chi connectivity index (χ3v) is 6.82. The van der Waals surface area contributed by atoms with Crippen molar-refractivity contribution in [2.45, 2.75) is 92.4 Å². The number of alkyl halides is 2. The molecule has 0 aromatic rings. The van der Waals surface area contributed by atoms with E-state index in [1.165, 1.54) is 0 Å². The first kappa shape index (κ1) is 17.9. The van der Waals surface area contributed by atoms with Crippen molar-refractivity contribution >= 4 is 0 Å². The van der Waals surface area contributed by atoms with Crippen molar-refractivity contribution < 1.29 is 8.78 Å². The van der Waals surface area contributed by atoms with Crippen LogP contribution in [0.25, 0.3) is 0 Å². The molecule has 0 radical (unpaired) electrons. The van der Waals surface area contributed by atoms with Crippen LogP contribution in [0.5, 0.6) is 0 Å². The van der Waals surface area contributed by atoms with E-state index in [4.69, 9.17) is 0 Å². The maximum atomic E-state index is 14.8. The SMILES string of the molecule is CCC(C)(CC)C1CC(F)C(C(C)(CC)CC)C(F)C1. The van der Waals surface area contributed by atoms with E-state index in [1.54, 1.807) is 0 Å². The molecule has 2 unspecified atom stereocenters. The number of rotatable bonds is 6. The van der Waals surface area contributed by atoms with Crippen molar-refractivity contribution in [3.05, 3.63) is 0 Å². The van der Waals surface area contributed by atoms with Crippen LogP contribution in [0.3, 0.4) is 0 Å². The van der Waals surface area contributed by atoms with Gasteiger partial charge in [-0.1, -0.05) is 67.2 Å². The Balaban J connectivity index is 2.92. The smallest absolute Gasteiger partial charge is 0.106 e. The lowest BCUT2D eigenvalue weighted by Gasteiger charge is -2.49. The summed E-state index contributed by atoms with van der Waals surface area (Å²) in [5.74, 6) is -0.219. The third-order valence-electron chi connectivity index (χ3n) is 6.82. The number of hydrogen-bond acceptors (Lipinski definition) is 0. The van der Waals surface area contributed by atoms with E-state index in [9.17, 15) is 8.78 Å². The van der Waals surface area contributed by atoms with Gasteiger partial charge in [0.2, 0.25) is 0 Å². The maximum Gasteiger partial charge on any atom is 0.106 e. The molecule has 120 valence electrons. The molecule has 2 atom stereocenters. The minimum atomic E-state index is -0.980. The summed E-state index contributed by atoms with van der Waals surface area (Å²) in [4.78, 5) is 0. The molecule has 0 aromatic heterocycles. The fraction of sp³-hybridized carbons (Fsp3) is 1.00. The van der Waals surface area contributed by atoms with Gasteiger partial charge < -0.3 is 0 Å². The molecule has 0 nitrogen and oxygen atoms in total. The van der Waals surface area contributed by atoms with Gasteiger partial charge in [-0.2, -0.15) is 0 Å². The van der Waals surface area contributed by atoms with Gasteiger partial charge in [-0.15, -0.1) is 0 Å². The van der Waals surface area contributed by atoms with Crippen LogP contribution < -0.4 is 0 Å². The molecule has 2 heteroatoms. The zero-order valence-corrected chi connectivity index (χ0v) is 14.3. The summed E-state index contributed by atoms with van der Waals surface area (Å²) in [6, 6.07) is 0. The van der Waals surface area contributed by atoms with Crippen LogP contribution in [-0.2, 0) is 0 Å². The average molecular weight is 288 g/mol. The van der Waals surface area contributed by atoms with Crippen LogP contribution in [0.15, 0.2) is 0 Å². The standard InChI is InChI=1S/C18H34F2/c1-7-17(5,8-2)13-11-14(19)16(15(20)12-13)18(6,9-3)10-4/h13-16H,7-12H2,1-6H3. The van der Waals surface area contributed by atoms with Gasteiger partial charge in [-0.25, -0.2) is 8.78 Å². The van der Waals surface area contributed by atoms with E-state index in [1.807, 2.05) is 0 Å². The molecule has 0 bridgehead atoms. The summed E-state index contributed by atoms with van der Waals surface area (Å²) < 4.78 is 29.6. The second-order valence-corrected chi connectivity index (χ2v) is 7.45. The molecular weight excluding hydrogens is 254 g/mol. The molecule has 0 saturated heterocycles. The molecule has 0 aromatic carbocycles. The van der Waals surface area contributed by atoms with Gasteiger partial charge in [-0.05, 0) is 29.6 Å². The van der Waals surface area contributed by atoms with Gasteiger partial charge in [0.05, 0.1) is 0 Å². The van der Waals surface area contributed by atoms with E-state index in [-0.39, 0.29) is 16.7 Å². The van der Waals surface area contributed by atoms with E-state index in [0.29, 0.717) is 12.8 Å². The largest absolute Gasteiger partial charge is 0.247 e. The van der Waals surface area contributed by atoms with Gasteiger partial charge in [-0.3, -0.25) is 0 Å². The Morgan fingerprint density at radius 1 is 0.750 bits per heavy atom. The first-order chi connectivity index (χ1) is 9.27. The van der Waals surface area contributed by atoms with Crippen molar-refractivity contribution in [2.75, 3.05) is 0 Å². The van der Waals surface area contributed by atoms with Crippen LogP contribution in [0.1, 0.15) is 80.1 Å². The topological polar surface area (TPSA) is 0 Å². The van der Waals surface area contributed by atoms with E-state index in [0.717, 1.165) is 25.7 Å². The molecular formula is C18H34F2. The second-order valence-electron chi connectivity index (χ2n) is 7.45. The normalized spacial score (nSPS) is 32.4. The van der Waals surface area contributed by atoms with Gasteiger partial charge in [0.25, 0.3) is 0 Å². The lowest BCUT2D eigenvalue weighted by atomic mass is 9.58. The summed E-state index contributed by atoms with van der Waals surface area (Å²) in [5.41, 5.74) is -0.104. The van der Waals surface area contributed by atoms with Crippen molar-refractivity contribution in [1.29, 1.82) is 0 Å². The zero-order chi connectivity index (χ0) is 15.6. The summed E-state index contributed by atoms with van der Waals surface area (Å²) in [5, 5.41) is 0. The molecule has 1 saturated carbocycles. The number of halogens is 2. The minimum absolute atomic E-state index is 0.0917. The first-order valence-electron chi connectivity index (χ1n) is 8.56. The monoisotopic (exact) mass is 288 g/mol. The van der Waals surface area contributed by atoms with Crippen LogP contribution in [0.2, 0.25) is 0 Å². The Kier molecular flexibility index (Phi) is 6.04. The quantitative estimate of drug-likeness (QED) is 0.535. The molecule has 1 aliphatic rings. The van der Waals surface area contributed by atoms with Crippen LogP contribution in [0.4, 0.5) is 8.78 Å². The molecule has 20 heavy (non-hydrogen) atoms. The molecule has 0 N–H and O–H groups in total. The van der Waals surface area contributed by atoms with Crippen molar-refractivity contribution in [3.63, 3.8) is 0 Å². The molecule has 0 heterocycles. The Morgan fingerprint density at radius 3 is 1.40 bits per heavy atom. The maximum absolute atomic E-state index is 14.8. The lowest BCUT2D eigenvalue weighted by molar-refractivity contribution is -0.0628. The molecule has 0 spiro atoms. The minimum Gasteiger partial charge on any atom is -0.247 e. The fourth-order valence-corrected chi connectivity index (χ4v) is 4.15. The third kappa shape index (κ3) is 3.20. The Hall–Kier alpha value is -0.140. The van der Waals surface area contributed by atoms with Crippen LogP contribution in [0, 0.1) is 22.7 Å². The summed E-state index contributed by atoms with van der Waals surface area (Å²) in [6.45, 7) is 12.7. The van der Waals surface area contributed by atoms with Crippen molar-refractivity contribution in [2.24, 2.45) is 22.7 Å². The molecule has 1 aliphatic carbocycles. The Bertz CT molecular complexity index is 280. The highest BCUT2D eigenvalue weighted by Gasteiger charge is 2.49. The summed E-state index contributed by atoms with van der Waals surface area (Å²) in [6.07, 6.45) is 2.89. The Labute approximate surface area is 124 Å².